The van der Waals surface area contributed by atoms with Gasteiger partial charge in [-0.1, -0.05) is 62.1 Å². The van der Waals surface area contributed by atoms with Gasteiger partial charge in [0, 0.05) is 5.39 Å². The van der Waals surface area contributed by atoms with Crippen molar-refractivity contribution in [3.05, 3.63) is 42.5 Å². The summed E-state index contributed by atoms with van der Waals surface area (Å²) in [6.07, 6.45) is 7.76. The van der Waals surface area contributed by atoms with E-state index in [-0.39, 0.29) is 12.4 Å². The summed E-state index contributed by atoms with van der Waals surface area (Å²) in [5, 5.41) is 2.47. The third-order valence-electron chi connectivity index (χ3n) is 4.01. The Balaban J connectivity index is 0.00000264. The van der Waals surface area contributed by atoms with E-state index in [0.717, 1.165) is 18.8 Å². The van der Waals surface area contributed by atoms with Crippen LogP contribution in [0, 0.1) is 0 Å². The molecule has 2 rings (SSSR count). The van der Waals surface area contributed by atoms with Gasteiger partial charge in [0.05, 0.1) is 6.61 Å². The van der Waals surface area contributed by atoms with Gasteiger partial charge in [-0.2, -0.15) is 0 Å². The first-order chi connectivity index (χ1) is 10.8. The van der Waals surface area contributed by atoms with E-state index >= 15 is 0 Å². The Morgan fingerprint density at radius 1 is 0.783 bits per heavy atom. The molecule has 0 aliphatic heterocycles. The molecule has 0 heterocycles. The van der Waals surface area contributed by atoms with Gasteiger partial charge < -0.3 is 9.64 Å². The summed E-state index contributed by atoms with van der Waals surface area (Å²) >= 11 is 0. The van der Waals surface area contributed by atoms with E-state index in [4.69, 9.17) is 4.74 Å². The molecule has 0 atom stereocenters. The van der Waals surface area contributed by atoms with Crippen molar-refractivity contribution in [2.45, 2.75) is 38.5 Å². The van der Waals surface area contributed by atoms with Crippen LogP contribution in [0.2, 0.25) is 0 Å². The molecule has 2 aromatic rings. The lowest BCUT2D eigenvalue weighted by Gasteiger charge is -2.10. The molecule has 0 amide bonds. The Morgan fingerprint density at radius 2 is 1.43 bits per heavy atom. The number of ether oxygens (including phenoxy) is 1. The van der Waals surface area contributed by atoms with E-state index < -0.39 is 0 Å². The first-order valence-electron chi connectivity index (χ1n) is 8.52. The molecular formula is C20H30ClNO. The first kappa shape index (κ1) is 19.8. The molecule has 0 aliphatic carbocycles. The lowest BCUT2D eigenvalue weighted by Crippen LogP contribution is -2.12. The molecule has 0 N–H and O–H groups in total. The van der Waals surface area contributed by atoms with Gasteiger partial charge in [0.25, 0.3) is 0 Å². The predicted molar refractivity (Wildman–Crippen MR) is 103 cm³/mol. The number of halogens is 1. The average Bonchev–Trinajstić information content (AvgIpc) is 2.53. The summed E-state index contributed by atoms with van der Waals surface area (Å²) in [5.41, 5.74) is 0. The minimum atomic E-state index is 0. The van der Waals surface area contributed by atoms with Crippen LogP contribution in [0.25, 0.3) is 10.8 Å². The van der Waals surface area contributed by atoms with Gasteiger partial charge in [-0.05, 0) is 44.9 Å². The highest BCUT2D eigenvalue weighted by molar-refractivity contribution is 5.88. The normalized spacial score (nSPS) is 10.7. The van der Waals surface area contributed by atoms with E-state index in [1.165, 1.54) is 49.4 Å². The molecule has 0 fully saturated rings. The molecule has 0 aromatic heterocycles. The zero-order valence-corrected chi connectivity index (χ0v) is 15.3. The number of rotatable bonds is 10. The molecule has 0 saturated carbocycles. The van der Waals surface area contributed by atoms with Crippen LogP contribution >= 0.6 is 12.4 Å². The molecule has 2 aromatic carbocycles. The van der Waals surface area contributed by atoms with Crippen LogP contribution in [0.3, 0.4) is 0 Å². The van der Waals surface area contributed by atoms with Crippen molar-refractivity contribution in [1.82, 2.24) is 4.90 Å². The molecule has 0 saturated heterocycles. The number of hydrogen-bond donors (Lipinski definition) is 0. The predicted octanol–water partition coefficient (Wildman–Crippen LogP) is 5.54. The van der Waals surface area contributed by atoms with Crippen LogP contribution in [-0.4, -0.2) is 32.1 Å². The van der Waals surface area contributed by atoms with Crippen LogP contribution in [-0.2, 0) is 0 Å². The Bertz CT molecular complexity index is 551. The van der Waals surface area contributed by atoms with Gasteiger partial charge in [0.1, 0.15) is 5.75 Å². The third-order valence-corrected chi connectivity index (χ3v) is 4.01. The van der Waals surface area contributed by atoms with E-state index in [2.05, 4.69) is 61.5 Å². The number of benzene rings is 2. The summed E-state index contributed by atoms with van der Waals surface area (Å²) in [6.45, 7) is 2.04. The van der Waals surface area contributed by atoms with Gasteiger partial charge in [-0.3, -0.25) is 0 Å². The van der Waals surface area contributed by atoms with Crippen LogP contribution in [0.15, 0.2) is 42.5 Å². The van der Waals surface area contributed by atoms with Crippen LogP contribution in [0.4, 0.5) is 0 Å². The smallest absolute Gasteiger partial charge is 0.127 e. The fourth-order valence-corrected chi connectivity index (χ4v) is 2.74. The molecule has 0 unspecified atom stereocenters. The van der Waals surface area contributed by atoms with E-state index in [9.17, 15) is 0 Å². The molecular weight excluding hydrogens is 306 g/mol. The molecule has 3 heteroatoms. The number of unbranched alkanes of at least 4 members (excludes halogenated alkanes) is 5. The number of fused-ring (bicyclic) bond motifs is 1. The van der Waals surface area contributed by atoms with Gasteiger partial charge in [0.15, 0.2) is 0 Å². The fraction of sp³-hybridized carbons (Fsp3) is 0.500. The van der Waals surface area contributed by atoms with Crippen LogP contribution in [0.1, 0.15) is 38.5 Å². The molecule has 23 heavy (non-hydrogen) atoms. The van der Waals surface area contributed by atoms with E-state index in [0.29, 0.717) is 0 Å². The lowest BCUT2D eigenvalue weighted by molar-refractivity contribution is 0.307. The second kappa shape index (κ2) is 11.3. The molecule has 0 spiro atoms. The Hall–Kier alpha value is -1.25. The van der Waals surface area contributed by atoms with Crippen molar-refractivity contribution in [2.24, 2.45) is 0 Å². The summed E-state index contributed by atoms with van der Waals surface area (Å²) in [5.74, 6) is 1.02. The summed E-state index contributed by atoms with van der Waals surface area (Å²) in [7, 11) is 4.29. The van der Waals surface area contributed by atoms with Crippen molar-refractivity contribution >= 4 is 23.2 Å². The fourth-order valence-electron chi connectivity index (χ4n) is 2.74. The van der Waals surface area contributed by atoms with Crippen molar-refractivity contribution < 1.29 is 4.74 Å². The van der Waals surface area contributed by atoms with Crippen molar-refractivity contribution in [3.8, 4) is 5.75 Å². The van der Waals surface area contributed by atoms with Crippen LogP contribution in [0.5, 0.6) is 5.75 Å². The minimum Gasteiger partial charge on any atom is -0.493 e. The molecule has 0 aliphatic rings. The maximum Gasteiger partial charge on any atom is 0.127 e. The summed E-state index contributed by atoms with van der Waals surface area (Å²) < 4.78 is 5.97. The summed E-state index contributed by atoms with van der Waals surface area (Å²) in [4.78, 5) is 2.26. The maximum atomic E-state index is 5.97. The van der Waals surface area contributed by atoms with Crippen LogP contribution < -0.4 is 4.74 Å². The third kappa shape index (κ3) is 7.24. The molecule has 2 nitrogen and oxygen atoms in total. The highest BCUT2D eigenvalue weighted by atomic mass is 35.5. The standard InChI is InChI=1S/C20H29NO.ClH/c1-21(2)16-9-5-3-4-6-10-17-22-20-15-11-13-18-12-7-8-14-19(18)20;/h7-8,11-15H,3-6,9-10,16-17H2,1-2H3;1H. The Labute approximate surface area is 147 Å². The molecule has 0 bridgehead atoms. The van der Waals surface area contributed by atoms with E-state index in [1.807, 2.05) is 0 Å². The van der Waals surface area contributed by atoms with Crippen molar-refractivity contribution in [3.63, 3.8) is 0 Å². The SMILES string of the molecule is CN(C)CCCCCCCCOc1cccc2ccccc12.Cl. The highest BCUT2D eigenvalue weighted by Crippen LogP contribution is 2.25. The first-order valence-corrected chi connectivity index (χ1v) is 8.52. The van der Waals surface area contributed by atoms with Gasteiger partial charge >= 0.3 is 0 Å². The largest absolute Gasteiger partial charge is 0.493 e. The zero-order chi connectivity index (χ0) is 15.6. The highest BCUT2D eigenvalue weighted by Gasteiger charge is 2.00. The summed E-state index contributed by atoms with van der Waals surface area (Å²) in [6, 6.07) is 14.7. The Kier molecular flexibility index (Phi) is 9.74. The van der Waals surface area contributed by atoms with Gasteiger partial charge in [-0.15, -0.1) is 12.4 Å². The van der Waals surface area contributed by atoms with Gasteiger partial charge in [-0.25, -0.2) is 0 Å². The lowest BCUT2D eigenvalue weighted by atomic mass is 10.1. The Morgan fingerprint density at radius 3 is 2.22 bits per heavy atom. The zero-order valence-electron chi connectivity index (χ0n) is 14.5. The number of nitrogens with zero attached hydrogens (tertiary/aromatic N) is 1. The molecule has 0 radical (unpaired) electrons. The monoisotopic (exact) mass is 335 g/mol. The second-order valence-electron chi connectivity index (χ2n) is 6.25. The minimum absolute atomic E-state index is 0. The number of hydrogen-bond acceptors (Lipinski definition) is 2. The second-order valence-corrected chi connectivity index (χ2v) is 6.25. The van der Waals surface area contributed by atoms with Gasteiger partial charge in [0.2, 0.25) is 0 Å². The van der Waals surface area contributed by atoms with Crippen molar-refractivity contribution in [2.75, 3.05) is 27.2 Å². The average molecular weight is 336 g/mol. The van der Waals surface area contributed by atoms with E-state index in [1.54, 1.807) is 0 Å². The molecule has 128 valence electrons. The quantitative estimate of drug-likeness (QED) is 0.528. The van der Waals surface area contributed by atoms with Crippen molar-refractivity contribution in [1.29, 1.82) is 0 Å². The maximum absolute atomic E-state index is 5.97. The topological polar surface area (TPSA) is 12.5 Å².